The number of carbonyl (C=O) groups excluding carboxylic acids is 1. The Kier molecular flexibility index (Phi) is 3.91. The summed E-state index contributed by atoms with van der Waals surface area (Å²) in [5.74, 6) is -1.51. The summed E-state index contributed by atoms with van der Waals surface area (Å²) in [5.41, 5.74) is 1.02. The van der Waals surface area contributed by atoms with Gasteiger partial charge < -0.3 is 9.26 Å². The van der Waals surface area contributed by atoms with Gasteiger partial charge in [0.25, 0.3) is 5.91 Å². The van der Waals surface area contributed by atoms with Crippen LogP contribution in [0.5, 0.6) is 5.75 Å². The van der Waals surface area contributed by atoms with E-state index in [2.05, 4.69) is 5.16 Å². The van der Waals surface area contributed by atoms with Crippen LogP contribution in [-0.4, -0.2) is 23.7 Å². The molecule has 0 radical (unpaired) electrons. The lowest BCUT2D eigenvalue weighted by Gasteiger charge is -2.32. The first-order valence-corrected chi connectivity index (χ1v) is 8.02. The van der Waals surface area contributed by atoms with Crippen LogP contribution in [0.3, 0.4) is 0 Å². The largest absolute Gasteiger partial charge is 0.487 e. The Bertz CT molecular complexity index is 986. The van der Waals surface area contributed by atoms with E-state index in [0.717, 1.165) is 12.1 Å². The highest BCUT2D eigenvalue weighted by atomic mass is 19.2. The fourth-order valence-corrected chi connectivity index (χ4v) is 2.88. The molecule has 1 aromatic heterocycles. The topological polar surface area (TPSA) is 55.6 Å². The van der Waals surface area contributed by atoms with Crippen molar-refractivity contribution in [3.05, 3.63) is 65.9 Å². The Morgan fingerprint density at radius 2 is 1.96 bits per heavy atom. The molecule has 1 amide bonds. The fourth-order valence-electron chi connectivity index (χ4n) is 2.88. The first-order chi connectivity index (χ1) is 12.5. The number of ether oxygens (including phenoxy) is 1. The zero-order valence-electron chi connectivity index (χ0n) is 13.8. The molecule has 0 spiro atoms. The molecular weight excluding hydrogens is 342 g/mol. The summed E-state index contributed by atoms with van der Waals surface area (Å²) in [7, 11) is 0. The number of rotatable bonds is 2. The Morgan fingerprint density at radius 3 is 2.77 bits per heavy atom. The molecule has 0 unspecified atom stereocenters. The molecule has 0 aliphatic carbocycles. The maximum absolute atomic E-state index is 13.4. The summed E-state index contributed by atoms with van der Waals surface area (Å²) < 4.78 is 37.4. The molecule has 5 nitrogen and oxygen atoms in total. The highest BCUT2D eigenvalue weighted by molar-refractivity contribution is 6.06. The average molecular weight is 356 g/mol. The Balaban J connectivity index is 1.66. The second kappa shape index (κ2) is 6.25. The molecule has 3 aromatic rings. The van der Waals surface area contributed by atoms with Gasteiger partial charge in [-0.1, -0.05) is 17.3 Å². The predicted molar refractivity (Wildman–Crippen MR) is 90.1 cm³/mol. The number of hydrogen-bond acceptors (Lipinski definition) is 4. The van der Waals surface area contributed by atoms with Crippen molar-refractivity contribution in [3.63, 3.8) is 0 Å². The number of hydrogen-bond donors (Lipinski definition) is 0. The molecule has 4 rings (SSSR count). The molecular formula is C19H14F2N2O3. The molecule has 0 saturated heterocycles. The Morgan fingerprint density at radius 1 is 1.15 bits per heavy atom. The van der Waals surface area contributed by atoms with Crippen LogP contribution >= 0.6 is 0 Å². The van der Waals surface area contributed by atoms with Crippen molar-refractivity contribution in [3.8, 4) is 17.1 Å². The van der Waals surface area contributed by atoms with Crippen molar-refractivity contribution in [2.45, 2.75) is 13.0 Å². The van der Waals surface area contributed by atoms with E-state index in [1.54, 1.807) is 17.0 Å². The number of carbonyl (C=O) groups is 1. The van der Waals surface area contributed by atoms with E-state index in [4.69, 9.17) is 9.26 Å². The normalized spacial score (nSPS) is 16.1. The van der Waals surface area contributed by atoms with Crippen molar-refractivity contribution in [1.82, 2.24) is 5.16 Å². The molecule has 0 N–H and O–H groups in total. The molecule has 0 fully saturated rings. The molecule has 1 atom stereocenters. The van der Waals surface area contributed by atoms with Gasteiger partial charge in [0.15, 0.2) is 23.1 Å². The Hall–Kier alpha value is -3.22. The van der Waals surface area contributed by atoms with Gasteiger partial charge in [0.2, 0.25) is 0 Å². The van der Waals surface area contributed by atoms with E-state index in [1.807, 2.05) is 19.1 Å². The molecule has 0 saturated carbocycles. The Labute approximate surface area is 147 Å². The number of anilines is 1. The zero-order valence-corrected chi connectivity index (χ0v) is 13.8. The smallest absolute Gasteiger partial charge is 0.280 e. The van der Waals surface area contributed by atoms with Gasteiger partial charge in [0.05, 0.1) is 12.2 Å². The number of halogens is 2. The van der Waals surface area contributed by atoms with Crippen LogP contribution < -0.4 is 9.64 Å². The maximum atomic E-state index is 13.4. The van der Waals surface area contributed by atoms with Crippen LogP contribution in [0.1, 0.15) is 17.4 Å². The third kappa shape index (κ3) is 2.81. The van der Waals surface area contributed by atoms with E-state index in [1.165, 1.54) is 12.1 Å². The maximum Gasteiger partial charge on any atom is 0.280 e. The first-order valence-electron chi connectivity index (χ1n) is 8.02. The summed E-state index contributed by atoms with van der Waals surface area (Å²) in [6, 6.07) is 12.0. The summed E-state index contributed by atoms with van der Waals surface area (Å²) in [4.78, 5) is 14.5. The highest BCUT2D eigenvalue weighted by Crippen LogP contribution is 2.34. The molecule has 2 heterocycles. The van der Waals surface area contributed by atoms with Crippen LogP contribution in [0.2, 0.25) is 0 Å². The van der Waals surface area contributed by atoms with Crippen LogP contribution in [-0.2, 0) is 0 Å². The van der Waals surface area contributed by atoms with Gasteiger partial charge in [-0.15, -0.1) is 0 Å². The van der Waals surface area contributed by atoms with E-state index in [-0.39, 0.29) is 23.5 Å². The van der Waals surface area contributed by atoms with E-state index in [0.29, 0.717) is 23.5 Å². The minimum Gasteiger partial charge on any atom is -0.487 e. The lowest BCUT2D eigenvalue weighted by atomic mass is 10.1. The van der Waals surface area contributed by atoms with Crippen LogP contribution in [0.25, 0.3) is 11.3 Å². The lowest BCUT2D eigenvalue weighted by Crippen LogP contribution is -2.42. The van der Waals surface area contributed by atoms with Gasteiger partial charge in [0, 0.05) is 11.6 Å². The SMILES string of the molecule is C[C@@H]1CN(C(=O)c2cc(-c3ccc(F)c(F)c3)on2)c2ccccc2O1. The number of fused-ring (bicyclic) bond motifs is 1. The minimum absolute atomic E-state index is 0.0774. The molecule has 1 aliphatic rings. The third-order valence-electron chi connectivity index (χ3n) is 4.10. The minimum atomic E-state index is -0.997. The summed E-state index contributed by atoms with van der Waals surface area (Å²) in [6.07, 6.45) is -0.175. The summed E-state index contributed by atoms with van der Waals surface area (Å²) in [5, 5.41) is 3.79. The third-order valence-corrected chi connectivity index (χ3v) is 4.10. The second-order valence-corrected chi connectivity index (χ2v) is 6.02. The van der Waals surface area contributed by atoms with Crippen molar-refractivity contribution in [2.24, 2.45) is 0 Å². The van der Waals surface area contributed by atoms with Crippen LogP contribution in [0, 0.1) is 11.6 Å². The highest BCUT2D eigenvalue weighted by Gasteiger charge is 2.30. The number of amides is 1. The number of nitrogens with zero attached hydrogens (tertiary/aromatic N) is 2. The molecule has 0 bridgehead atoms. The van der Waals surface area contributed by atoms with Crippen molar-refractivity contribution < 1.29 is 22.8 Å². The van der Waals surface area contributed by atoms with Gasteiger partial charge in [0.1, 0.15) is 11.9 Å². The molecule has 7 heteroatoms. The van der Waals surface area contributed by atoms with Gasteiger partial charge in [-0.25, -0.2) is 8.78 Å². The van der Waals surface area contributed by atoms with Gasteiger partial charge in [-0.3, -0.25) is 9.69 Å². The van der Waals surface area contributed by atoms with Gasteiger partial charge >= 0.3 is 0 Å². The monoisotopic (exact) mass is 356 g/mol. The van der Waals surface area contributed by atoms with E-state index < -0.39 is 11.6 Å². The summed E-state index contributed by atoms with van der Waals surface area (Å²) in [6.45, 7) is 2.23. The second-order valence-electron chi connectivity index (χ2n) is 6.02. The molecule has 26 heavy (non-hydrogen) atoms. The van der Waals surface area contributed by atoms with Crippen molar-refractivity contribution >= 4 is 11.6 Å². The first kappa shape index (κ1) is 16.3. The van der Waals surface area contributed by atoms with Crippen molar-refractivity contribution in [2.75, 3.05) is 11.4 Å². The van der Waals surface area contributed by atoms with E-state index >= 15 is 0 Å². The van der Waals surface area contributed by atoms with Crippen LogP contribution in [0.4, 0.5) is 14.5 Å². The molecule has 2 aromatic carbocycles. The fraction of sp³-hybridized carbons (Fsp3) is 0.158. The zero-order chi connectivity index (χ0) is 18.3. The number of aromatic nitrogens is 1. The average Bonchev–Trinajstić information content (AvgIpc) is 3.13. The lowest BCUT2D eigenvalue weighted by molar-refractivity contribution is 0.0952. The number of para-hydroxylation sites is 2. The summed E-state index contributed by atoms with van der Waals surface area (Å²) >= 11 is 0. The molecule has 132 valence electrons. The van der Waals surface area contributed by atoms with Crippen LogP contribution in [0.15, 0.2) is 53.1 Å². The predicted octanol–water partition coefficient (Wildman–Crippen LogP) is 4.05. The quantitative estimate of drug-likeness (QED) is 0.695. The van der Waals surface area contributed by atoms with E-state index in [9.17, 15) is 13.6 Å². The van der Waals surface area contributed by atoms with Crippen molar-refractivity contribution in [1.29, 1.82) is 0 Å². The molecule has 1 aliphatic heterocycles. The standard InChI is InChI=1S/C19H14F2N2O3/c1-11-10-23(16-4-2-3-5-17(16)25-11)19(24)15-9-18(26-22-15)12-6-7-13(20)14(21)8-12/h2-9,11H,10H2,1H3/t11-/m1/s1. The van der Waals surface area contributed by atoms with Gasteiger partial charge in [-0.05, 0) is 37.3 Å². The number of benzene rings is 2. The van der Waals surface area contributed by atoms with Gasteiger partial charge in [-0.2, -0.15) is 0 Å².